The number of hydrogen-bond acceptors (Lipinski definition) is 6. The molecule has 1 saturated heterocycles. The maximum atomic E-state index is 12.5. The van der Waals surface area contributed by atoms with Crippen LogP contribution in [0, 0.1) is 18.3 Å². The number of piperidine rings is 1. The Bertz CT molecular complexity index is 1450. The van der Waals surface area contributed by atoms with E-state index < -0.39 is 12.1 Å². The van der Waals surface area contributed by atoms with Gasteiger partial charge in [0.05, 0.1) is 18.4 Å². The van der Waals surface area contributed by atoms with Crippen molar-refractivity contribution in [2.75, 3.05) is 24.6 Å². The smallest absolute Gasteiger partial charge is 0.337 e. The summed E-state index contributed by atoms with van der Waals surface area (Å²) in [4.78, 5) is 19.6. The highest BCUT2D eigenvalue weighted by molar-refractivity contribution is 5.78. The summed E-state index contributed by atoms with van der Waals surface area (Å²) in [6.45, 7) is 12.4. The van der Waals surface area contributed by atoms with Crippen LogP contribution in [0.3, 0.4) is 0 Å². The SMILES string of the molecule is Cc1nc2cc(-n3cc(Cc4ccccc4)cn3)nn2c(N2CCC(C)(C)CC2)c1C(OCC(C)C)C(=O)O. The second-order valence-corrected chi connectivity index (χ2v) is 11.8. The molecule has 1 aliphatic rings. The number of carboxylic acids is 1. The highest BCUT2D eigenvalue weighted by atomic mass is 16.5. The van der Waals surface area contributed by atoms with Gasteiger partial charge in [-0.25, -0.2) is 14.5 Å². The fourth-order valence-electron chi connectivity index (χ4n) is 5.12. The van der Waals surface area contributed by atoms with Gasteiger partial charge in [-0.1, -0.05) is 58.0 Å². The lowest BCUT2D eigenvalue weighted by Crippen LogP contribution is -2.39. The number of rotatable bonds is 9. The third-order valence-corrected chi connectivity index (χ3v) is 7.41. The molecule has 1 aliphatic heterocycles. The minimum Gasteiger partial charge on any atom is -0.479 e. The molecule has 206 valence electrons. The molecule has 9 nitrogen and oxygen atoms in total. The topological polar surface area (TPSA) is 97.8 Å². The number of aromatic nitrogens is 5. The average Bonchev–Trinajstić information content (AvgIpc) is 3.52. The van der Waals surface area contributed by atoms with Crippen LogP contribution >= 0.6 is 0 Å². The molecule has 1 N–H and O–H groups in total. The van der Waals surface area contributed by atoms with Crippen LogP contribution in [-0.2, 0) is 16.0 Å². The lowest BCUT2D eigenvalue weighted by molar-refractivity contribution is -0.151. The summed E-state index contributed by atoms with van der Waals surface area (Å²) in [5.74, 6) is 0.548. The zero-order valence-corrected chi connectivity index (χ0v) is 23.5. The van der Waals surface area contributed by atoms with Crippen molar-refractivity contribution in [2.45, 2.75) is 60.0 Å². The van der Waals surface area contributed by atoms with Gasteiger partial charge in [0.1, 0.15) is 5.82 Å². The van der Waals surface area contributed by atoms with E-state index in [1.807, 2.05) is 57.4 Å². The molecule has 4 aromatic rings. The van der Waals surface area contributed by atoms with Crippen LogP contribution in [0.4, 0.5) is 5.82 Å². The molecule has 0 amide bonds. The Labute approximate surface area is 229 Å². The van der Waals surface area contributed by atoms with Crippen LogP contribution in [0.25, 0.3) is 11.5 Å². The molecule has 0 spiro atoms. The van der Waals surface area contributed by atoms with Crippen molar-refractivity contribution < 1.29 is 14.6 Å². The average molecular weight is 531 g/mol. The van der Waals surface area contributed by atoms with Gasteiger partial charge in [0.15, 0.2) is 17.6 Å². The Morgan fingerprint density at radius 2 is 1.85 bits per heavy atom. The summed E-state index contributed by atoms with van der Waals surface area (Å²) in [5.41, 5.74) is 4.38. The predicted octanol–water partition coefficient (Wildman–Crippen LogP) is 5.24. The molecule has 9 heteroatoms. The van der Waals surface area contributed by atoms with E-state index in [1.54, 1.807) is 9.20 Å². The molecule has 1 unspecified atom stereocenters. The molecule has 1 aromatic carbocycles. The molecule has 5 rings (SSSR count). The molecule has 0 bridgehead atoms. The maximum absolute atomic E-state index is 12.5. The van der Waals surface area contributed by atoms with Crippen LogP contribution < -0.4 is 4.90 Å². The van der Waals surface area contributed by atoms with E-state index in [2.05, 4.69) is 36.0 Å². The number of hydrogen-bond donors (Lipinski definition) is 1. The van der Waals surface area contributed by atoms with E-state index in [9.17, 15) is 9.90 Å². The van der Waals surface area contributed by atoms with Gasteiger partial charge in [0, 0.05) is 37.5 Å². The van der Waals surface area contributed by atoms with Crippen molar-refractivity contribution >= 4 is 17.4 Å². The summed E-state index contributed by atoms with van der Waals surface area (Å²) in [5, 5.41) is 19.7. The molecule has 3 aromatic heterocycles. The second-order valence-electron chi connectivity index (χ2n) is 11.8. The van der Waals surface area contributed by atoms with Crippen LogP contribution in [0.5, 0.6) is 0 Å². The first-order valence-electron chi connectivity index (χ1n) is 13.7. The van der Waals surface area contributed by atoms with Gasteiger partial charge in [-0.2, -0.15) is 9.61 Å². The lowest BCUT2D eigenvalue weighted by Gasteiger charge is -2.39. The van der Waals surface area contributed by atoms with Crippen molar-refractivity contribution in [1.29, 1.82) is 0 Å². The molecule has 0 aliphatic carbocycles. The van der Waals surface area contributed by atoms with Crippen LogP contribution in [-0.4, -0.2) is 55.2 Å². The maximum Gasteiger partial charge on any atom is 0.337 e. The number of benzene rings is 1. The molecule has 1 fully saturated rings. The molecule has 39 heavy (non-hydrogen) atoms. The fourth-order valence-corrected chi connectivity index (χ4v) is 5.12. The molecule has 4 heterocycles. The summed E-state index contributed by atoms with van der Waals surface area (Å²) in [6.07, 6.45) is 5.47. The van der Waals surface area contributed by atoms with Gasteiger partial charge in [0.25, 0.3) is 0 Å². The molecule has 0 saturated carbocycles. The number of carbonyl (C=O) groups is 1. The normalized spacial score (nSPS) is 16.2. The predicted molar refractivity (Wildman–Crippen MR) is 150 cm³/mol. The van der Waals surface area contributed by atoms with Crippen LogP contribution in [0.15, 0.2) is 48.8 Å². The number of carboxylic acid groups (broad SMARTS) is 1. The van der Waals surface area contributed by atoms with Crippen molar-refractivity contribution in [3.05, 3.63) is 71.2 Å². The summed E-state index contributed by atoms with van der Waals surface area (Å²) >= 11 is 0. The van der Waals surface area contributed by atoms with Gasteiger partial charge < -0.3 is 14.7 Å². The second kappa shape index (κ2) is 10.8. The van der Waals surface area contributed by atoms with Gasteiger partial charge in [0.2, 0.25) is 0 Å². The first-order valence-corrected chi connectivity index (χ1v) is 13.7. The lowest BCUT2D eigenvalue weighted by atomic mass is 9.82. The minimum absolute atomic E-state index is 0.198. The highest BCUT2D eigenvalue weighted by Gasteiger charge is 2.34. The van der Waals surface area contributed by atoms with Crippen LogP contribution in [0.2, 0.25) is 0 Å². The van der Waals surface area contributed by atoms with Gasteiger partial charge >= 0.3 is 5.97 Å². The first-order chi connectivity index (χ1) is 18.6. The van der Waals surface area contributed by atoms with Crippen molar-refractivity contribution in [2.24, 2.45) is 11.3 Å². The number of nitrogens with zero attached hydrogens (tertiary/aromatic N) is 6. The van der Waals surface area contributed by atoms with Gasteiger partial charge in [-0.3, -0.25) is 0 Å². The number of aliphatic carboxylic acids is 1. The Kier molecular flexibility index (Phi) is 7.44. The molecule has 0 radical (unpaired) electrons. The quantitative estimate of drug-likeness (QED) is 0.316. The van der Waals surface area contributed by atoms with E-state index in [1.165, 1.54) is 5.56 Å². The van der Waals surface area contributed by atoms with Gasteiger partial charge in [-0.05, 0) is 42.2 Å². The first kappa shape index (κ1) is 26.9. The van der Waals surface area contributed by atoms with E-state index >= 15 is 0 Å². The van der Waals surface area contributed by atoms with Gasteiger partial charge in [-0.15, -0.1) is 5.10 Å². The van der Waals surface area contributed by atoms with E-state index in [0.29, 0.717) is 29.3 Å². The van der Waals surface area contributed by atoms with E-state index in [0.717, 1.165) is 43.7 Å². The monoisotopic (exact) mass is 530 g/mol. The number of aryl methyl sites for hydroxylation is 1. The standard InChI is InChI=1S/C30H38N6O3/c1-20(2)19-39-27(29(37)38)26-21(3)32-24-16-25(33-36(24)28(26)34-13-11-30(4,5)12-14-34)35-18-23(17-31-35)15-22-9-7-6-8-10-22/h6-10,16-18,20,27H,11-15,19H2,1-5H3,(H,37,38). The molecular formula is C30H38N6O3. The third kappa shape index (κ3) is 5.83. The number of anilines is 1. The zero-order chi connectivity index (χ0) is 27.7. The number of fused-ring (bicyclic) bond motifs is 1. The van der Waals surface area contributed by atoms with Crippen molar-refractivity contribution in [3.63, 3.8) is 0 Å². The highest BCUT2D eigenvalue weighted by Crippen LogP contribution is 2.37. The fraction of sp³-hybridized carbons (Fsp3) is 0.467. The van der Waals surface area contributed by atoms with E-state index in [4.69, 9.17) is 14.8 Å². The third-order valence-electron chi connectivity index (χ3n) is 7.41. The van der Waals surface area contributed by atoms with Crippen molar-refractivity contribution in [1.82, 2.24) is 24.4 Å². The summed E-state index contributed by atoms with van der Waals surface area (Å²) < 4.78 is 9.52. The Balaban J connectivity index is 1.58. The van der Waals surface area contributed by atoms with E-state index in [-0.39, 0.29) is 11.3 Å². The Morgan fingerprint density at radius 3 is 2.51 bits per heavy atom. The Hall–Kier alpha value is -3.72. The minimum atomic E-state index is -1.14. The summed E-state index contributed by atoms with van der Waals surface area (Å²) in [6, 6.07) is 12.2. The van der Waals surface area contributed by atoms with Crippen molar-refractivity contribution in [3.8, 4) is 5.82 Å². The largest absolute Gasteiger partial charge is 0.479 e. The Morgan fingerprint density at radius 1 is 1.13 bits per heavy atom. The summed E-state index contributed by atoms with van der Waals surface area (Å²) in [7, 11) is 0. The zero-order valence-electron chi connectivity index (χ0n) is 23.5. The number of ether oxygens (including phenoxy) is 1. The van der Waals surface area contributed by atoms with Crippen LogP contribution in [0.1, 0.15) is 69.0 Å². The molecular weight excluding hydrogens is 492 g/mol. The molecule has 1 atom stereocenters.